The molecule has 0 aromatic carbocycles. The van der Waals surface area contributed by atoms with Gasteiger partial charge in [-0.25, -0.2) is 8.42 Å². The topological polar surface area (TPSA) is 43.4 Å². The van der Waals surface area contributed by atoms with Gasteiger partial charge in [-0.05, 0) is 12.8 Å². The van der Waals surface area contributed by atoms with Crippen molar-refractivity contribution >= 4 is 9.84 Å². The van der Waals surface area contributed by atoms with Crippen LogP contribution in [0.25, 0.3) is 0 Å². The monoisotopic (exact) mass is 332 g/mol. The summed E-state index contributed by atoms with van der Waals surface area (Å²) in [5.41, 5.74) is 0. The molecule has 3 nitrogen and oxygen atoms in total. The Kier molecular flexibility index (Phi) is 11.2. The lowest BCUT2D eigenvalue weighted by Crippen LogP contribution is -2.15. The fourth-order valence-electron chi connectivity index (χ4n) is 3.09. The van der Waals surface area contributed by atoms with Gasteiger partial charge in [-0.1, -0.05) is 77.6 Å². The van der Waals surface area contributed by atoms with Gasteiger partial charge >= 0.3 is 0 Å². The van der Waals surface area contributed by atoms with Crippen molar-refractivity contribution < 1.29 is 13.2 Å². The van der Waals surface area contributed by atoms with Crippen LogP contribution in [0.3, 0.4) is 0 Å². The van der Waals surface area contributed by atoms with E-state index in [-0.39, 0.29) is 11.9 Å². The summed E-state index contributed by atoms with van der Waals surface area (Å²) in [4.78, 5) is 0. The molecule has 0 aliphatic carbocycles. The highest BCUT2D eigenvalue weighted by atomic mass is 32.2. The lowest BCUT2D eigenvalue weighted by molar-refractivity contribution is 0.0680. The number of sulfone groups is 1. The maximum Gasteiger partial charge on any atom is 0.152 e. The zero-order valence-electron chi connectivity index (χ0n) is 14.5. The molecule has 4 heteroatoms. The minimum Gasteiger partial charge on any atom is -0.377 e. The molecule has 1 unspecified atom stereocenters. The Balaban J connectivity index is 1.75. The van der Waals surface area contributed by atoms with Gasteiger partial charge in [0.15, 0.2) is 9.84 Å². The summed E-state index contributed by atoms with van der Waals surface area (Å²) in [5.74, 6) is 0.557. The van der Waals surface area contributed by atoms with Crippen LogP contribution in [0.1, 0.15) is 90.4 Å². The lowest BCUT2D eigenvalue weighted by Gasteiger charge is -2.09. The van der Waals surface area contributed by atoms with Gasteiger partial charge in [0.05, 0.1) is 17.6 Å². The number of rotatable bonds is 14. The van der Waals surface area contributed by atoms with Crippen molar-refractivity contribution in [3.05, 3.63) is 0 Å². The largest absolute Gasteiger partial charge is 0.377 e. The molecule has 0 saturated carbocycles. The van der Waals surface area contributed by atoms with Crippen LogP contribution in [-0.2, 0) is 14.6 Å². The number of hydrogen-bond acceptors (Lipinski definition) is 3. The van der Waals surface area contributed by atoms with E-state index in [1.165, 1.54) is 70.6 Å². The van der Waals surface area contributed by atoms with E-state index in [1.807, 2.05) is 0 Å². The molecule has 1 atom stereocenters. The van der Waals surface area contributed by atoms with E-state index in [2.05, 4.69) is 6.92 Å². The Morgan fingerprint density at radius 1 is 0.818 bits per heavy atom. The Bertz CT molecular complexity index is 351. The average molecular weight is 333 g/mol. The quantitative estimate of drug-likeness (QED) is 0.425. The Labute approximate surface area is 138 Å². The molecule has 1 aliphatic heterocycles. The predicted octanol–water partition coefficient (Wildman–Crippen LogP) is 4.89. The van der Waals surface area contributed by atoms with Crippen molar-refractivity contribution in [2.75, 3.05) is 18.1 Å². The van der Waals surface area contributed by atoms with Crippen LogP contribution < -0.4 is 0 Å². The van der Waals surface area contributed by atoms with E-state index in [1.54, 1.807) is 0 Å². The molecule has 1 fully saturated rings. The average Bonchev–Trinajstić information content (AvgIpc) is 2.83. The van der Waals surface area contributed by atoms with Gasteiger partial charge in [0.2, 0.25) is 0 Å². The van der Waals surface area contributed by atoms with Crippen LogP contribution in [-0.4, -0.2) is 32.6 Å². The predicted molar refractivity (Wildman–Crippen MR) is 94.1 cm³/mol. The Morgan fingerprint density at radius 2 is 1.32 bits per heavy atom. The lowest BCUT2D eigenvalue weighted by atomic mass is 10.1. The van der Waals surface area contributed by atoms with Crippen molar-refractivity contribution in [3.63, 3.8) is 0 Å². The Hall–Kier alpha value is -0.0900. The maximum absolute atomic E-state index is 11.3. The molecule has 132 valence electrons. The molecule has 22 heavy (non-hydrogen) atoms. The molecular weight excluding hydrogens is 296 g/mol. The first kappa shape index (κ1) is 20.0. The van der Waals surface area contributed by atoms with E-state index in [9.17, 15) is 8.42 Å². The maximum atomic E-state index is 11.3. The smallest absolute Gasteiger partial charge is 0.152 e. The van der Waals surface area contributed by atoms with Crippen molar-refractivity contribution in [1.82, 2.24) is 0 Å². The normalized spacial score (nSPS) is 20.5. The van der Waals surface area contributed by atoms with E-state index in [0.29, 0.717) is 12.2 Å². The summed E-state index contributed by atoms with van der Waals surface area (Å²) >= 11 is 0. The van der Waals surface area contributed by atoms with E-state index in [0.717, 1.165) is 13.0 Å². The van der Waals surface area contributed by atoms with Crippen LogP contribution in [0.5, 0.6) is 0 Å². The summed E-state index contributed by atoms with van der Waals surface area (Å²) in [6.45, 7) is 3.00. The molecule has 1 rings (SSSR count). The summed E-state index contributed by atoms with van der Waals surface area (Å²) in [5, 5.41) is 0. The molecule has 0 N–H and O–H groups in total. The molecule has 0 aromatic rings. The van der Waals surface area contributed by atoms with E-state index < -0.39 is 9.84 Å². The zero-order chi connectivity index (χ0) is 16.1. The van der Waals surface area contributed by atoms with Gasteiger partial charge in [0.25, 0.3) is 0 Å². The van der Waals surface area contributed by atoms with Gasteiger partial charge in [0, 0.05) is 6.61 Å². The molecular formula is C18H36O3S. The second-order valence-corrected chi connectivity index (χ2v) is 9.01. The second-order valence-electron chi connectivity index (χ2n) is 6.78. The van der Waals surface area contributed by atoms with E-state index >= 15 is 0 Å². The summed E-state index contributed by atoms with van der Waals surface area (Å²) in [6, 6.07) is 0. The summed E-state index contributed by atoms with van der Waals surface area (Å²) in [6.07, 6.45) is 16.7. The highest BCUT2D eigenvalue weighted by Gasteiger charge is 2.28. The molecule has 0 radical (unpaired) electrons. The fourth-order valence-corrected chi connectivity index (χ4v) is 4.70. The third kappa shape index (κ3) is 10.6. The minimum absolute atomic E-state index is 0.0299. The first-order valence-corrected chi connectivity index (χ1v) is 11.3. The third-order valence-electron chi connectivity index (χ3n) is 4.54. The minimum atomic E-state index is -2.79. The Morgan fingerprint density at radius 3 is 1.77 bits per heavy atom. The number of hydrogen-bond donors (Lipinski definition) is 0. The van der Waals surface area contributed by atoms with E-state index in [4.69, 9.17) is 4.74 Å². The van der Waals surface area contributed by atoms with Crippen molar-refractivity contribution in [1.29, 1.82) is 0 Å². The summed E-state index contributed by atoms with van der Waals surface area (Å²) < 4.78 is 28.2. The van der Waals surface area contributed by atoms with Crippen LogP contribution in [0, 0.1) is 0 Å². The van der Waals surface area contributed by atoms with Crippen molar-refractivity contribution in [2.45, 2.75) is 96.5 Å². The highest BCUT2D eigenvalue weighted by molar-refractivity contribution is 7.91. The SMILES string of the molecule is CCCCCCCCCCCCCCOC1CCS(=O)(=O)C1. The van der Waals surface area contributed by atoms with Crippen LogP contribution >= 0.6 is 0 Å². The fraction of sp³-hybridized carbons (Fsp3) is 1.00. The molecule has 0 bridgehead atoms. The first-order valence-electron chi connectivity index (χ1n) is 9.46. The van der Waals surface area contributed by atoms with Crippen LogP contribution in [0.4, 0.5) is 0 Å². The third-order valence-corrected chi connectivity index (χ3v) is 6.28. The highest BCUT2D eigenvalue weighted by Crippen LogP contribution is 2.16. The van der Waals surface area contributed by atoms with Gasteiger partial charge in [-0.3, -0.25) is 0 Å². The second kappa shape index (κ2) is 12.3. The standard InChI is InChI=1S/C18H36O3S/c1-2-3-4-5-6-7-8-9-10-11-12-13-15-21-18-14-16-22(19,20)17-18/h18H,2-17H2,1H3. The van der Waals surface area contributed by atoms with Gasteiger partial charge in [-0.2, -0.15) is 0 Å². The molecule has 1 saturated heterocycles. The molecule has 1 heterocycles. The zero-order valence-corrected chi connectivity index (χ0v) is 15.3. The molecule has 0 spiro atoms. The molecule has 0 aromatic heterocycles. The van der Waals surface area contributed by atoms with Gasteiger partial charge in [-0.15, -0.1) is 0 Å². The van der Waals surface area contributed by atoms with Gasteiger partial charge < -0.3 is 4.74 Å². The number of unbranched alkanes of at least 4 members (excludes halogenated alkanes) is 11. The van der Waals surface area contributed by atoms with Crippen molar-refractivity contribution in [3.8, 4) is 0 Å². The van der Waals surface area contributed by atoms with Crippen LogP contribution in [0.15, 0.2) is 0 Å². The van der Waals surface area contributed by atoms with Crippen molar-refractivity contribution in [2.24, 2.45) is 0 Å². The first-order chi connectivity index (χ1) is 10.6. The van der Waals surface area contributed by atoms with Crippen LogP contribution in [0.2, 0.25) is 0 Å². The number of ether oxygens (including phenoxy) is 1. The molecule has 1 aliphatic rings. The molecule has 0 amide bonds. The van der Waals surface area contributed by atoms with Gasteiger partial charge in [0.1, 0.15) is 0 Å². The summed E-state index contributed by atoms with van der Waals surface area (Å²) in [7, 11) is -2.79.